The molecule has 24 heavy (non-hydrogen) atoms. The summed E-state index contributed by atoms with van der Waals surface area (Å²) in [5, 5.41) is 4.10. The molecule has 2 aromatic rings. The Morgan fingerprint density at radius 3 is 3.00 bits per heavy atom. The van der Waals surface area contributed by atoms with Gasteiger partial charge in [-0.25, -0.2) is 9.97 Å². The molecule has 0 spiro atoms. The molecule has 5 rings (SSSR count). The van der Waals surface area contributed by atoms with Crippen LogP contribution in [0.1, 0.15) is 55.4 Å². The molecule has 2 aliphatic heterocycles. The van der Waals surface area contributed by atoms with Crippen LogP contribution in [0, 0.1) is 5.92 Å². The van der Waals surface area contributed by atoms with Gasteiger partial charge in [-0.2, -0.15) is 4.37 Å². The molecular weight excluding hydrogens is 326 g/mol. The zero-order valence-corrected chi connectivity index (χ0v) is 14.6. The van der Waals surface area contributed by atoms with E-state index in [1.54, 1.807) is 0 Å². The Balaban J connectivity index is 1.52. The van der Waals surface area contributed by atoms with Gasteiger partial charge in [0, 0.05) is 30.0 Å². The Morgan fingerprint density at radius 2 is 2.33 bits per heavy atom. The van der Waals surface area contributed by atoms with Gasteiger partial charge in [0.1, 0.15) is 5.82 Å². The summed E-state index contributed by atoms with van der Waals surface area (Å²) in [4.78, 5) is 23.2. The van der Waals surface area contributed by atoms with E-state index < -0.39 is 0 Å². The van der Waals surface area contributed by atoms with E-state index in [1.807, 2.05) is 0 Å². The first kappa shape index (κ1) is 15.6. The van der Waals surface area contributed by atoms with E-state index in [9.17, 15) is 4.79 Å². The highest BCUT2D eigenvalue weighted by molar-refractivity contribution is 7.09. The molecule has 1 aliphatic carbocycles. The first-order valence-corrected chi connectivity index (χ1v) is 9.18. The zero-order chi connectivity index (χ0) is 16.7. The van der Waals surface area contributed by atoms with Crippen LogP contribution in [-0.2, 0) is 0 Å². The monoisotopic (exact) mass is 347 g/mol. The minimum Gasteiger partial charge on any atom is -0.438 e. The molecule has 2 saturated heterocycles. The average Bonchev–Trinajstić information content (AvgIpc) is 3.27. The highest BCUT2D eigenvalue weighted by Gasteiger charge is 2.43. The predicted molar refractivity (Wildman–Crippen MR) is 90.2 cm³/mol. The molecule has 3 fully saturated rings. The third-order valence-electron chi connectivity index (χ3n) is 4.94. The van der Waals surface area contributed by atoms with E-state index in [-0.39, 0.29) is 23.8 Å². The lowest BCUT2D eigenvalue weighted by Gasteiger charge is -2.49. The van der Waals surface area contributed by atoms with Crippen LogP contribution in [0.25, 0.3) is 0 Å². The third-order valence-corrected chi connectivity index (χ3v) is 5.71. The van der Waals surface area contributed by atoms with Crippen molar-refractivity contribution in [3.05, 3.63) is 24.2 Å². The number of hydrogen-bond donors (Lipinski definition) is 1. The number of piperidine rings is 2. The molecule has 4 heterocycles. The number of fused-ring (bicyclic) bond motifs is 3. The van der Waals surface area contributed by atoms with Gasteiger partial charge in [0.25, 0.3) is 5.91 Å². The largest absolute Gasteiger partial charge is 0.438 e. The molecule has 128 valence electrons. The smallest absolute Gasteiger partial charge is 0.288 e. The molecule has 0 aromatic carbocycles. The van der Waals surface area contributed by atoms with Crippen molar-refractivity contribution >= 4 is 22.6 Å². The molecule has 2 aromatic heterocycles. The molecule has 1 amide bonds. The van der Waals surface area contributed by atoms with E-state index in [4.69, 9.17) is 9.40 Å². The number of nitrogens with one attached hydrogen (secondary N) is 1. The summed E-state index contributed by atoms with van der Waals surface area (Å²) in [6.45, 7) is 5.22. The second-order valence-electron chi connectivity index (χ2n) is 6.93. The van der Waals surface area contributed by atoms with Crippen molar-refractivity contribution < 1.29 is 9.21 Å². The Kier molecular flexibility index (Phi) is 3.99. The molecule has 3 atom stereocenters. The lowest BCUT2D eigenvalue weighted by Crippen LogP contribution is -2.61. The van der Waals surface area contributed by atoms with Gasteiger partial charge < -0.3 is 14.6 Å². The molecule has 1 N–H and O–H groups in total. The first-order chi connectivity index (χ1) is 11.6. The molecule has 3 aliphatic rings. The standard InChI is InChI=1S/C16H21N5O2S/c1-9(2)14-19-16(24-20-14)21-7-10-3-4-12(21)11(5-10)18-15(22)13-6-17-8-23-13/h6,8-12H,3-5,7H2,1-2H3,(H,18,22). The first-order valence-electron chi connectivity index (χ1n) is 8.41. The van der Waals surface area contributed by atoms with Crippen LogP contribution in [-0.4, -0.2) is 38.9 Å². The van der Waals surface area contributed by atoms with Gasteiger partial charge in [0.05, 0.1) is 12.2 Å². The van der Waals surface area contributed by atoms with Gasteiger partial charge in [-0.3, -0.25) is 4.79 Å². The summed E-state index contributed by atoms with van der Waals surface area (Å²) in [7, 11) is 0. The van der Waals surface area contributed by atoms with Crippen LogP contribution in [0.5, 0.6) is 0 Å². The average molecular weight is 347 g/mol. The highest BCUT2D eigenvalue weighted by Crippen LogP contribution is 2.39. The van der Waals surface area contributed by atoms with Crippen LogP contribution >= 0.6 is 11.5 Å². The Hall–Kier alpha value is -1.96. The summed E-state index contributed by atoms with van der Waals surface area (Å²) in [5.41, 5.74) is 0. The second kappa shape index (κ2) is 6.16. The Morgan fingerprint density at radius 1 is 1.46 bits per heavy atom. The number of rotatable bonds is 4. The van der Waals surface area contributed by atoms with Gasteiger partial charge in [0.15, 0.2) is 6.39 Å². The maximum atomic E-state index is 12.3. The molecule has 0 radical (unpaired) electrons. The summed E-state index contributed by atoms with van der Waals surface area (Å²) >= 11 is 1.47. The predicted octanol–water partition coefficient (Wildman–Crippen LogP) is 2.44. The van der Waals surface area contributed by atoms with Gasteiger partial charge in [0.2, 0.25) is 10.9 Å². The van der Waals surface area contributed by atoms with Crippen LogP contribution < -0.4 is 10.2 Å². The molecule has 8 heteroatoms. The SMILES string of the molecule is CC(C)c1nsc(N2CC3CCC2C(NC(=O)c2cnco2)C3)n1. The van der Waals surface area contributed by atoms with E-state index in [0.29, 0.717) is 11.8 Å². The fourth-order valence-electron chi connectivity index (χ4n) is 3.71. The Labute approximate surface area is 144 Å². The van der Waals surface area contributed by atoms with Gasteiger partial charge in [-0.1, -0.05) is 13.8 Å². The maximum absolute atomic E-state index is 12.3. The third kappa shape index (κ3) is 2.79. The minimum absolute atomic E-state index is 0.112. The van der Waals surface area contributed by atoms with Crippen molar-refractivity contribution in [3.63, 3.8) is 0 Å². The second-order valence-corrected chi connectivity index (χ2v) is 7.66. The van der Waals surface area contributed by atoms with E-state index in [2.05, 4.69) is 33.4 Å². The lowest BCUT2D eigenvalue weighted by molar-refractivity contribution is 0.0862. The van der Waals surface area contributed by atoms with Crippen LogP contribution in [0.4, 0.5) is 5.13 Å². The van der Waals surface area contributed by atoms with Crippen molar-refractivity contribution in [1.82, 2.24) is 19.7 Å². The van der Waals surface area contributed by atoms with Crippen LogP contribution in [0.3, 0.4) is 0 Å². The van der Waals surface area contributed by atoms with E-state index in [0.717, 1.165) is 30.3 Å². The topological polar surface area (TPSA) is 84.2 Å². The minimum atomic E-state index is -0.190. The summed E-state index contributed by atoms with van der Waals surface area (Å²) in [6, 6.07) is 0.385. The molecule has 2 bridgehead atoms. The number of carbonyl (C=O) groups is 1. The fraction of sp³-hybridized carbons (Fsp3) is 0.625. The number of carbonyl (C=O) groups excluding carboxylic acids is 1. The number of anilines is 1. The summed E-state index contributed by atoms with van der Waals surface area (Å²) in [6.07, 6.45) is 6.03. The molecular formula is C16H21N5O2S. The van der Waals surface area contributed by atoms with E-state index >= 15 is 0 Å². The lowest BCUT2D eigenvalue weighted by atomic mass is 9.76. The van der Waals surface area contributed by atoms with Crippen molar-refractivity contribution in [2.45, 2.75) is 51.1 Å². The number of hydrogen-bond acceptors (Lipinski definition) is 7. The Bertz CT molecular complexity index is 714. The number of nitrogens with zero attached hydrogens (tertiary/aromatic N) is 4. The van der Waals surface area contributed by atoms with Crippen molar-refractivity contribution in [2.24, 2.45) is 5.92 Å². The van der Waals surface area contributed by atoms with E-state index in [1.165, 1.54) is 30.5 Å². The molecule has 7 nitrogen and oxygen atoms in total. The van der Waals surface area contributed by atoms with Crippen molar-refractivity contribution in [3.8, 4) is 0 Å². The highest BCUT2D eigenvalue weighted by atomic mass is 32.1. The number of amides is 1. The maximum Gasteiger partial charge on any atom is 0.288 e. The molecule has 3 unspecified atom stereocenters. The van der Waals surface area contributed by atoms with Crippen LogP contribution in [0.15, 0.2) is 17.0 Å². The van der Waals surface area contributed by atoms with Crippen molar-refractivity contribution in [2.75, 3.05) is 11.4 Å². The van der Waals surface area contributed by atoms with Crippen LogP contribution in [0.2, 0.25) is 0 Å². The van der Waals surface area contributed by atoms with Crippen molar-refractivity contribution in [1.29, 1.82) is 0 Å². The number of oxazole rings is 1. The fourth-order valence-corrected chi connectivity index (χ4v) is 4.59. The normalized spacial score (nSPS) is 26.1. The summed E-state index contributed by atoms with van der Waals surface area (Å²) < 4.78 is 9.58. The quantitative estimate of drug-likeness (QED) is 0.914. The van der Waals surface area contributed by atoms with Gasteiger partial charge in [-0.05, 0) is 25.2 Å². The summed E-state index contributed by atoms with van der Waals surface area (Å²) in [5.74, 6) is 1.89. The molecule has 1 saturated carbocycles. The zero-order valence-electron chi connectivity index (χ0n) is 13.8. The van der Waals surface area contributed by atoms with Gasteiger partial charge >= 0.3 is 0 Å². The number of aromatic nitrogens is 3. The van der Waals surface area contributed by atoms with Gasteiger partial charge in [-0.15, -0.1) is 0 Å².